The second-order valence-corrected chi connectivity index (χ2v) is 6.22. The number of aromatic amines is 1. The fourth-order valence-electron chi connectivity index (χ4n) is 2.83. The van der Waals surface area contributed by atoms with Gasteiger partial charge in [-0.3, -0.25) is 5.10 Å². The zero-order chi connectivity index (χ0) is 17.0. The van der Waals surface area contributed by atoms with Crippen LogP contribution in [0.2, 0.25) is 5.02 Å². The maximum atomic E-state index is 11.4. The number of hydrogen-bond acceptors (Lipinski definition) is 3. The smallest absolute Gasteiger partial charge is 0.116 e. The minimum absolute atomic E-state index is 0.566. The zero-order valence-corrected chi connectivity index (χ0v) is 14.2. The van der Waals surface area contributed by atoms with Gasteiger partial charge in [-0.05, 0) is 48.8 Å². The SMILES string of the molecule is CNCCC(O)(c1ccc(Cl)cc1)c1ccc(-c2cn[nH]c2)cc1. The first-order chi connectivity index (χ1) is 11.6. The van der Waals surface area contributed by atoms with Crippen LogP contribution in [-0.2, 0) is 5.60 Å². The average Bonchev–Trinajstić information content (AvgIpc) is 3.15. The van der Waals surface area contributed by atoms with Crippen LogP contribution >= 0.6 is 11.6 Å². The summed E-state index contributed by atoms with van der Waals surface area (Å²) in [6.07, 6.45) is 4.19. The lowest BCUT2D eigenvalue weighted by molar-refractivity contribution is 0.0717. The van der Waals surface area contributed by atoms with E-state index in [1.54, 1.807) is 18.3 Å². The van der Waals surface area contributed by atoms with Crippen molar-refractivity contribution in [3.05, 3.63) is 77.1 Å². The third kappa shape index (κ3) is 3.36. The van der Waals surface area contributed by atoms with Crippen LogP contribution in [0.15, 0.2) is 60.9 Å². The quantitative estimate of drug-likeness (QED) is 0.642. The highest BCUT2D eigenvalue weighted by Gasteiger charge is 2.31. The summed E-state index contributed by atoms with van der Waals surface area (Å²) < 4.78 is 0. The van der Waals surface area contributed by atoms with Crippen molar-refractivity contribution in [2.24, 2.45) is 0 Å². The minimum atomic E-state index is -1.07. The molecule has 2 aromatic carbocycles. The predicted octanol–water partition coefficient (Wildman–Crippen LogP) is 3.58. The molecule has 0 aliphatic carbocycles. The summed E-state index contributed by atoms with van der Waals surface area (Å²) in [7, 11) is 1.88. The van der Waals surface area contributed by atoms with Crippen molar-refractivity contribution in [2.45, 2.75) is 12.0 Å². The maximum absolute atomic E-state index is 11.4. The first kappa shape index (κ1) is 16.7. The topological polar surface area (TPSA) is 60.9 Å². The van der Waals surface area contributed by atoms with E-state index >= 15 is 0 Å². The summed E-state index contributed by atoms with van der Waals surface area (Å²) in [4.78, 5) is 0. The third-order valence-electron chi connectivity index (χ3n) is 4.25. The molecule has 3 aromatic rings. The molecule has 3 rings (SSSR count). The zero-order valence-electron chi connectivity index (χ0n) is 13.5. The molecule has 3 N–H and O–H groups in total. The van der Waals surface area contributed by atoms with E-state index in [-0.39, 0.29) is 0 Å². The predicted molar refractivity (Wildman–Crippen MR) is 97.0 cm³/mol. The molecule has 5 heteroatoms. The molecule has 0 saturated carbocycles. The Labute approximate surface area is 146 Å². The van der Waals surface area contributed by atoms with Crippen LogP contribution in [0.4, 0.5) is 0 Å². The van der Waals surface area contributed by atoms with E-state index in [2.05, 4.69) is 15.5 Å². The molecule has 0 spiro atoms. The summed E-state index contributed by atoms with van der Waals surface area (Å²) in [5.41, 5.74) is 2.69. The molecule has 0 radical (unpaired) electrons. The van der Waals surface area contributed by atoms with Gasteiger partial charge in [0.25, 0.3) is 0 Å². The first-order valence-electron chi connectivity index (χ1n) is 7.86. The van der Waals surface area contributed by atoms with Crippen LogP contribution in [0.3, 0.4) is 0 Å². The lowest BCUT2D eigenvalue weighted by Crippen LogP contribution is -2.31. The average molecular weight is 342 g/mol. The number of nitrogens with zero attached hydrogens (tertiary/aromatic N) is 1. The van der Waals surface area contributed by atoms with Crippen LogP contribution in [0.5, 0.6) is 0 Å². The lowest BCUT2D eigenvalue weighted by atomic mass is 9.83. The van der Waals surface area contributed by atoms with Crippen LogP contribution < -0.4 is 5.32 Å². The fourth-order valence-corrected chi connectivity index (χ4v) is 2.96. The number of aromatic nitrogens is 2. The summed E-state index contributed by atoms with van der Waals surface area (Å²) in [5.74, 6) is 0. The van der Waals surface area contributed by atoms with Crippen molar-refractivity contribution < 1.29 is 5.11 Å². The molecular formula is C19H20ClN3O. The first-order valence-corrected chi connectivity index (χ1v) is 8.24. The Bertz CT molecular complexity index is 769. The van der Waals surface area contributed by atoms with Gasteiger partial charge >= 0.3 is 0 Å². The van der Waals surface area contributed by atoms with Crippen LogP contribution in [-0.4, -0.2) is 28.9 Å². The number of H-pyrrole nitrogens is 1. The van der Waals surface area contributed by atoms with E-state index < -0.39 is 5.60 Å². The second-order valence-electron chi connectivity index (χ2n) is 5.79. The molecule has 124 valence electrons. The van der Waals surface area contributed by atoms with Crippen molar-refractivity contribution in [2.75, 3.05) is 13.6 Å². The number of aliphatic hydroxyl groups is 1. The van der Waals surface area contributed by atoms with Crippen LogP contribution in [0, 0.1) is 0 Å². The Balaban J connectivity index is 1.97. The van der Waals surface area contributed by atoms with Gasteiger partial charge in [0.1, 0.15) is 5.60 Å². The van der Waals surface area contributed by atoms with E-state index in [1.165, 1.54) is 0 Å². The van der Waals surface area contributed by atoms with Gasteiger partial charge in [-0.25, -0.2) is 0 Å². The van der Waals surface area contributed by atoms with E-state index in [1.807, 2.05) is 49.6 Å². The molecule has 0 saturated heterocycles. The number of rotatable bonds is 6. The van der Waals surface area contributed by atoms with E-state index in [0.717, 1.165) is 22.3 Å². The number of benzene rings is 2. The highest BCUT2D eigenvalue weighted by molar-refractivity contribution is 6.30. The Kier molecular flexibility index (Phi) is 5.00. The van der Waals surface area contributed by atoms with E-state index in [0.29, 0.717) is 18.0 Å². The van der Waals surface area contributed by atoms with Gasteiger partial charge in [-0.2, -0.15) is 5.10 Å². The number of hydrogen-bond donors (Lipinski definition) is 3. The molecule has 0 aliphatic rings. The lowest BCUT2D eigenvalue weighted by Gasteiger charge is -2.29. The van der Waals surface area contributed by atoms with Gasteiger partial charge in [0, 0.05) is 16.8 Å². The van der Waals surface area contributed by atoms with Crippen molar-refractivity contribution >= 4 is 11.6 Å². The van der Waals surface area contributed by atoms with Crippen LogP contribution in [0.25, 0.3) is 11.1 Å². The Morgan fingerprint density at radius 3 is 2.21 bits per heavy atom. The summed E-state index contributed by atoms with van der Waals surface area (Å²) in [6, 6.07) is 15.3. The molecule has 1 unspecified atom stereocenters. The van der Waals surface area contributed by atoms with Gasteiger partial charge in [-0.15, -0.1) is 0 Å². The molecule has 1 atom stereocenters. The van der Waals surface area contributed by atoms with Crippen molar-refractivity contribution in [1.29, 1.82) is 0 Å². The monoisotopic (exact) mass is 341 g/mol. The summed E-state index contributed by atoms with van der Waals surface area (Å²) in [6.45, 7) is 0.697. The highest BCUT2D eigenvalue weighted by Crippen LogP contribution is 2.34. The standard InChI is InChI=1S/C19H20ClN3O/c1-21-11-10-19(24,17-6-8-18(20)9-7-17)16-4-2-14(3-5-16)15-12-22-23-13-15/h2-9,12-13,21,24H,10-11H2,1H3,(H,22,23). The summed E-state index contributed by atoms with van der Waals surface area (Å²) in [5, 5.41) is 21.9. The van der Waals surface area contributed by atoms with Gasteiger partial charge in [0.2, 0.25) is 0 Å². The molecule has 0 aliphatic heterocycles. The Morgan fingerprint density at radius 2 is 1.67 bits per heavy atom. The van der Waals surface area contributed by atoms with Gasteiger partial charge < -0.3 is 10.4 Å². The molecule has 0 bridgehead atoms. The molecular weight excluding hydrogens is 322 g/mol. The van der Waals surface area contributed by atoms with Gasteiger partial charge in [0.15, 0.2) is 0 Å². The highest BCUT2D eigenvalue weighted by atomic mass is 35.5. The van der Waals surface area contributed by atoms with Crippen LogP contribution in [0.1, 0.15) is 17.5 Å². The summed E-state index contributed by atoms with van der Waals surface area (Å²) >= 11 is 5.99. The van der Waals surface area contributed by atoms with E-state index in [4.69, 9.17) is 11.6 Å². The van der Waals surface area contributed by atoms with Crippen molar-refractivity contribution in [3.63, 3.8) is 0 Å². The van der Waals surface area contributed by atoms with Crippen molar-refractivity contribution in [3.8, 4) is 11.1 Å². The van der Waals surface area contributed by atoms with Gasteiger partial charge in [-0.1, -0.05) is 48.0 Å². The van der Waals surface area contributed by atoms with E-state index in [9.17, 15) is 5.11 Å². The molecule has 4 nitrogen and oxygen atoms in total. The molecule has 1 heterocycles. The fraction of sp³-hybridized carbons (Fsp3) is 0.211. The second kappa shape index (κ2) is 7.18. The Hall–Kier alpha value is -2.14. The maximum Gasteiger partial charge on any atom is 0.116 e. The van der Waals surface area contributed by atoms with Crippen molar-refractivity contribution in [1.82, 2.24) is 15.5 Å². The normalized spacial score (nSPS) is 13.6. The molecule has 0 fully saturated rings. The molecule has 24 heavy (non-hydrogen) atoms. The Morgan fingerprint density at radius 1 is 1.04 bits per heavy atom. The minimum Gasteiger partial charge on any atom is -0.380 e. The molecule has 1 aromatic heterocycles. The van der Waals surface area contributed by atoms with Gasteiger partial charge in [0.05, 0.1) is 6.20 Å². The largest absolute Gasteiger partial charge is 0.380 e. The number of halogens is 1. The molecule has 0 amide bonds. The number of nitrogens with one attached hydrogen (secondary N) is 2. The third-order valence-corrected chi connectivity index (χ3v) is 4.50.